The van der Waals surface area contributed by atoms with E-state index >= 15 is 0 Å². The van der Waals surface area contributed by atoms with Crippen molar-refractivity contribution in [2.24, 2.45) is 0 Å². The number of halogens is 1. The van der Waals surface area contributed by atoms with Crippen molar-refractivity contribution in [3.8, 4) is 0 Å². The van der Waals surface area contributed by atoms with Crippen LogP contribution in [0.5, 0.6) is 0 Å². The largest absolute Gasteiger partial charge is 0.378 e. The lowest BCUT2D eigenvalue weighted by molar-refractivity contribution is 0.0656. The highest BCUT2D eigenvalue weighted by molar-refractivity contribution is 5.17. The molecule has 1 atom stereocenters. The SMILES string of the molecule is CCC(C)OCCc1ccccc1F. The second-order valence-corrected chi connectivity index (χ2v) is 3.43. The van der Waals surface area contributed by atoms with Gasteiger partial charge >= 0.3 is 0 Å². The van der Waals surface area contributed by atoms with Crippen LogP contribution in [0.15, 0.2) is 24.3 Å². The summed E-state index contributed by atoms with van der Waals surface area (Å²) in [5.41, 5.74) is 0.732. The number of rotatable bonds is 5. The fraction of sp³-hybridized carbons (Fsp3) is 0.500. The second kappa shape index (κ2) is 5.76. The maximum Gasteiger partial charge on any atom is 0.126 e. The van der Waals surface area contributed by atoms with E-state index in [2.05, 4.69) is 6.92 Å². The Kier molecular flexibility index (Phi) is 4.60. The summed E-state index contributed by atoms with van der Waals surface area (Å²) in [5, 5.41) is 0. The molecule has 1 aromatic carbocycles. The van der Waals surface area contributed by atoms with Crippen molar-refractivity contribution in [3.63, 3.8) is 0 Å². The van der Waals surface area contributed by atoms with E-state index < -0.39 is 0 Å². The lowest BCUT2D eigenvalue weighted by Gasteiger charge is -2.10. The summed E-state index contributed by atoms with van der Waals surface area (Å²) in [6.45, 7) is 4.70. The third kappa shape index (κ3) is 3.46. The first-order valence-corrected chi connectivity index (χ1v) is 5.09. The predicted molar refractivity (Wildman–Crippen MR) is 55.8 cm³/mol. The molecule has 0 fully saturated rings. The third-order valence-electron chi connectivity index (χ3n) is 2.31. The Morgan fingerprint density at radius 1 is 1.36 bits per heavy atom. The van der Waals surface area contributed by atoms with Gasteiger partial charge in [-0.25, -0.2) is 4.39 Å². The standard InChI is InChI=1S/C12H17FO/c1-3-10(2)14-9-8-11-6-4-5-7-12(11)13/h4-7,10H,3,8-9H2,1-2H3. The van der Waals surface area contributed by atoms with Crippen molar-refractivity contribution < 1.29 is 9.13 Å². The van der Waals surface area contributed by atoms with Crippen LogP contribution >= 0.6 is 0 Å². The number of hydrogen-bond acceptors (Lipinski definition) is 1. The van der Waals surface area contributed by atoms with E-state index in [1.807, 2.05) is 13.0 Å². The van der Waals surface area contributed by atoms with E-state index in [9.17, 15) is 4.39 Å². The van der Waals surface area contributed by atoms with Crippen LogP contribution in [0.3, 0.4) is 0 Å². The van der Waals surface area contributed by atoms with Gasteiger partial charge in [0.05, 0.1) is 12.7 Å². The Hall–Kier alpha value is -0.890. The molecule has 1 rings (SSSR count). The topological polar surface area (TPSA) is 9.23 Å². The minimum atomic E-state index is -0.139. The highest BCUT2D eigenvalue weighted by Gasteiger charge is 2.02. The van der Waals surface area contributed by atoms with Crippen LogP contribution in [0.25, 0.3) is 0 Å². The maximum absolute atomic E-state index is 13.1. The van der Waals surface area contributed by atoms with Crippen molar-refractivity contribution in [3.05, 3.63) is 35.6 Å². The minimum Gasteiger partial charge on any atom is -0.378 e. The normalized spacial score (nSPS) is 12.8. The lowest BCUT2D eigenvalue weighted by atomic mass is 10.1. The van der Waals surface area contributed by atoms with Gasteiger partial charge in [0.15, 0.2) is 0 Å². The molecule has 0 bridgehead atoms. The first kappa shape index (κ1) is 11.2. The Labute approximate surface area is 84.9 Å². The molecule has 0 aliphatic heterocycles. The molecule has 1 unspecified atom stereocenters. The molecule has 0 N–H and O–H groups in total. The monoisotopic (exact) mass is 196 g/mol. The van der Waals surface area contributed by atoms with Gasteiger partial charge < -0.3 is 4.74 Å². The summed E-state index contributed by atoms with van der Waals surface area (Å²) in [5.74, 6) is -0.139. The average molecular weight is 196 g/mol. The second-order valence-electron chi connectivity index (χ2n) is 3.43. The fourth-order valence-corrected chi connectivity index (χ4v) is 1.19. The fourth-order valence-electron chi connectivity index (χ4n) is 1.19. The Morgan fingerprint density at radius 2 is 2.07 bits per heavy atom. The van der Waals surface area contributed by atoms with Gasteiger partial charge in [-0.05, 0) is 31.4 Å². The minimum absolute atomic E-state index is 0.139. The van der Waals surface area contributed by atoms with Gasteiger partial charge in [0, 0.05) is 0 Å². The summed E-state index contributed by atoms with van der Waals surface area (Å²) in [4.78, 5) is 0. The average Bonchev–Trinajstić information content (AvgIpc) is 2.20. The zero-order chi connectivity index (χ0) is 10.4. The summed E-state index contributed by atoms with van der Waals surface area (Å²) < 4.78 is 18.6. The molecule has 0 saturated heterocycles. The predicted octanol–water partition coefficient (Wildman–Crippen LogP) is 3.18. The number of benzene rings is 1. The highest BCUT2D eigenvalue weighted by Crippen LogP contribution is 2.07. The van der Waals surface area contributed by atoms with Crippen LogP contribution in [0, 0.1) is 5.82 Å². The molecule has 0 amide bonds. The van der Waals surface area contributed by atoms with Gasteiger partial charge in [-0.3, -0.25) is 0 Å². The third-order valence-corrected chi connectivity index (χ3v) is 2.31. The summed E-state index contributed by atoms with van der Waals surface area (Å²) in [7, 11) is 0. The summed E-state index contributed by atoms with van der Waals surface area (Å²) in [6.07, 6.45) is 1.91. The first-order valence-electron chi connectivity index (χ1n) is 5.09. The molecular formula is C12H17FO. The van der Waals surface area contributed by atoms with Crippen molar-refractivity contribution in [2.75, 3.05) is 6.61 Å². The smallest absolute Gasteiger partial charge is 0.126 e. The van der Waals surface area contributed by atoms with Gasteiger partial charge in [0.2, 0.25) is 0 Å². The van der Waals surface area contributed by atoms with Crippen LogP contribution in [-0.2, 0) is 11.2 Å². The maximum atomic E-state index is 13.1. The van der Waals surface area contributed by atoms with Crippen molar-refractivity contribution in [1.82, 2.24) is 0 Å². The molecule has 0 aliphatic carbocycles. The van der Waals surface area contributed by atoms with Crippen molar-refractivity contribution >= 4 is 0 Å². The molecule has 1 nitrogen and oxygen atoms in total. The quantitative estimate of drug-likeness (QED) is 0.702. The Morgan fingerprint density at radius 3 is 2.71 bits per heavy atom. The van der Waals surface area contributed by atoms with Gasteiger partial charge in [0.1, 0.15) is 5.82 Å². The molecule has 0 radical (unpaired) electrons. The zero-order valence-electron chi connectivity index (χ0n) is 8.79. The first-order chi connectivity index (χ1) is 6.74. The molecular weight excluding hydrogens is 179 g/mol. The Bertz CT molecular complexity index is 273. The van der Waals surface area contributed by atoms with Gasteiger partial charge in [-0.2, -0.15) is 0 Å². The molecule has 2 heteroatoms. The van der Waals surface area contributed by atoms with Crippen LogP contribution < -0.4 is 0 Å². The van der Waals surface area contributed by atoms with Crippen LogP contribution in [0.2, 0.25) is 0 Å². The molecule has 78 valence electrons. The molecule has 0 saturated carbocycles. The zero-order valence-corrected chi connectivity index (χ0v) is 8.79. The summed E-state index contributed by atoms with van der Waals surface area (Å²) >= 11 is 0. The van der Waals surface area contributed by atoms with Crippen LogP contribution in [0.4, 0.5) is 4.39 Å². The van der Waals surface area contributed by atoms with Crippen molar-refractivity contribution in [1.29, 1.82) is 0 Å². The van der Waals surface area contributed by atoms with Crippen molar-refractivity contribution in [2.45, 2.75) is 32.8 Å². The Balaban J connectivity index is 2.35. The number of ether oxygens (including phenoxy) is 1. The van der Waals surface area contributed by atoms with E-state index in [4.69, 9.17) is 4.74 Å². The lowest BCUT2D eigenvalue weighted by Crippen LogP contribution is -2.09. The highest BCUT2D eigenvalue weighted by atomic mass is 19.1. The van der Waals surface area contributed by atoms with Gasteiger partial charge in [-0.15, -0.1) is 0 Å². The molecule has 14 heavy (non-hydrogen) atoms. The van der Waals surface area contributed by atoms with Crippen LogP contribution in [-0.4, -0.2) is 12.7 Å². The van der Waals surface area contributed by atoms with E-state index in [0.717, 1.165) is 12.0 Å². The molecule has 1 aromatic rings. The van der Waals surface area contributed by atoms with E-state index in [1.165, 1.54) is 6.07 Å². The molecule has 0 spiro atoms. The van der Waals surface area contributed by atoms with Gasteiger partial charge in [-0.1, -0.05) is 25.1 Å². The number of hydrogen-bond donors (Lipinski definition) is 0. The van der Waals surface area contributed by atoms with Gasteiger partial charge in [0.25, 0.3) is 0 Å². The summed E-state index contributed by atoms with van der Waals surface area (Å²) in [6, 6.07) is 6.84. The van der Waals surface area contributed by atoms with Crippen LogP contribution in [0.1, 0.15) is 25.8 Å². The molecule has 0 heterocycles. The van der Waals surface area contributed by atoms with E-state index in [1.54, 1.807) is 12.1 Å². The molecule has 0 aliphatic rings. The molecule has 0 aromatic heterocycles. The van der Waals surface area contributed by atoms with E-state index in [-0.39, 0.29) is 11.9 Å². The van der Waals surface area contributed by atoms with E-state index in [0.29, 0.717) is 13.0 Å².